The predicted octanol–water partition coefficient (Wildman–Crippen LogP) is 2.88. The molecule has 8 heteroatoms. The van der Waals surface area contributed by atoms with Crippen molar-refractivity contribution in [1.29, 1.82) is 5.26 Å². The van der Waals surface area contributed by atoms with Gasteiger partial charge < -0.3 is 15.7 Å². The van der Waals surface area contributed by atoms with Crippen LogP contribution >= 0.6 is 0 Å². The number of aliphatic imine (C=N–C) groups is 1. The van der Waals surface area contributed by atoms with E-state index in [1.807, 2.05) is 12.2 Å². The number of nitriles is 1. The molecule has 1 aliphatic carbocycles. The number of hydrogen-bond donors (Lipinski definition) is 2. The zero-order chi connectivity index (χ0) is 22.3. The van der Waals surface area contributed by atoms with Gasteiger partial charge in [0.25, 0.3) is 0 Å². The minimum absolute atomic E-state index is 0.0826. The first kappa shape index (κ1) is 20.3. The largest absolute Gasteiger partial charge is 0.478 e. The van der Waals surface area contributed by atoms with Crippen LogP contribution in [-0.2, 0) is 0 Å². The number of aromatic carboxylic acids is 1. The van der Waals surface area contributed by atoms with Gasteiger partial charge in [0, 0.05) is 29.1 Å². The monoisotopic (exact) mass is 414 g/mol. The van der Waals surface area contributed by atoms with Crippen LogP contribution in [0, 0.1) is 11.3 Å². The van der Waals surface area contributed by atoms with Gasteiger partial charge in [0.1, 0.15) is 5.84 Å². The molecule has 0 radical (unpaired) electrons. The molecule has 31 heavy (non-hydrogen) atoms. The first-order valence-electron chi connectivity index (χ1n) is 9.82. The van der Waals surface area contributed by atoms with Gasteiger partial charge in [0.05, 0.1) is 29.3 Å². The van der Waals surface area contributed by atoms with Gasteiger partial charge >= 0.3 is 5.97 Å². The SMILES string of the molecule is CC(C)(C)N1C(c2cc(C#N)ccc2C(=O)O)=NC2C=C(c3cnc(N)nc3)C=CC21. The average molecular weight is 414 g/mol. The Hall–Kier alpha value is -3.99. The van der Waals surface area contributed by atoms with E-state index in [1.54, 1.807) is 18.5 Å². The van der Waals surface area contributed by atoms with E-state index in [1.165, 1.54) is 12.1 Å². The lowest BCUT2D eigenvalue weighted by Crippen LogP contribution is -2.50. The molecule has 0 fully saturated rings. The van der Waals surface area contributed by atoms with E-state index in [4.69, 9.17) is 10.7 Å². The minimum atomic E-state index is -1.06. The van der Waals surface area contributed by atoms with Crippen molar-refractivity contribution in [2.24, 2.45) is 4.99 Å². The Kier molecular flexibility index (Phi) is 4.82. The van der Waals surface area contributed by atoms with Crippen LogP contribution in [0.3, 0.4) is 0 Å². The van der Waals surface area contributed by atoms with Crippen molar-refractivity contribution in [2.45, 2.75) is 38.4 Å². The van der Waals surface area contributed by atoms with Crippen LogP contribution in [-0.4, -0.2) is 49.4 Å². The number of nitrogen functional groups attached to an aromatic ring is 1. The maximum absolute atomic E-state index is 11.9. The number of benzene rings is 1. The van der Waals surface area contributed by atoms with E-state index >= 15 is 0 Å². The van der Waals surface area contributed by atoms with E-state index in [-0.39, 0.29) is 29.1 Å². The maximum atomic E-state index is 11.9. The van der Waals surface area contributed by atoms with E-state index in [0.29, 0.717) is 17.0 Å². The summed E-state index contributed by atoms with van der Waals surface area (Å²) in [6, 6.07) is 6.35. The molecule has 0 bridgehead atoms. The number of anilines is 1. The molecule has 2 heterocycles. The van der Waals surface area contributed by atoms with Gasteiger partial charge in [-0.25, -0.2) is 14.8 Å². The van der Waals surface area contributed by atoms with Gasteiger partial charge in [-0.1, -0.05) is 12.2 Å². The molecule has 2 aliphatic rings. The van der Waals surface area contributed by atoms with E-state index in [2.05, 4.69) is 47.8 Å². The normalized spacial score (nSPS) is 20.0. The quantitative estimate of drug-likeness (QED) is 0.790. The average Bonchev–Trinajstić information content (AvgIpc) is 3.12. The number of carboxylic acids is 1. The van der Waals surface area contributed by atoms with Crippen molar-refractivity contribution in [3.8, 4) is 6.07 Å². The Morgan fingerprint density at radius 3 is 2.58 bits per heavy atom. The number of nitrogens with zero attached hydrogens (tertiary/aromatic N) is 5. The van der Waals surface area contributed by atoms with E-state index in [9.17, 15) is 15.2 Å². The second-order valence-electron chi connectivity index (χ2n) is 8.46. The van der Waals surface area contributed by atoms with Crippen molar-refractivity contribution in [2.75, 3.05) is 5.73 Å². The Balaban J connectivity index is 1.84. The Bertz CT molecular complexity index is 1180. The zero-order valence-corrected chi connectivity index (χ0v) is 17.4. The van der Waals surface area contributed by atoms with Gasteiger partial charge in [-0.05, 0) is 50.6 Å². The molecule has 3 N–H and O–H groups in total. The van der Waals surface area contributed by atoms with Crippen LogP contribution in [0.25, 0.3) is 5.57 Å². The lowest BCUT2D eigenvalue weighted by molar-refractivity contribution is 0.0696. The fraction of sp³-hybridized carbons (Fsp3) is 0.261. The second-order valence-corrected chi connectivity index (χ2v) is 8.46. The van der Waals surface area contributed by atoms with Gasteiger partial charge in [-0.3, -0.25) is 4.99 Å². The molecule has 1 aromatic heterocycles. The van der Waals surface area contributed by atoms with E-state index < -0.39 is 5.97 Å². The second kappa shape index (κ2) is 7.36. The molecule has 0 saturated heterocycles. The molecule has 0 saturated carbocycles. The molecule has 2 unspecified atom stereocenters. The summed E-state index contributed by atoms with van der Waals surface area (Å²) in [7, 11) is 0. The highest BCUT2D eigenvalue weighted by Gasteiger charge is 2.42. The summed E-state index contributed by atoms with van der Waals surface area (Å²) in [5, 5.41) is 19.1. The molecule has 1 aromatic carbocycles. The van der Waals surface area contributed by atoms with Gasteiger partial charge in [-0.2, -0.15) is 5.26 Å². The van der Waals surface area contributed by atoms with Crippen LogP contribution in [0.4, 0.5) is 5.95 Å². The van der Waals surface area contributed by atoms with Crippen molar-refractivity contribution in [3.63, 3.8) is 0 Å². The van der Waals surface area contributed by atoms with Gasteiger partial charge in [-0.15, -0.1) is 0 Å². The van der Waals surface area contributed by atoms with Crippen LogP contribution in [0.15, 0.2) is 53.8 Å². The first-order chi connectivity index (χ1) is 14.7. The molecule has 0 amide bonds. The molecule has 8 nitrogen and oxygen atoms in total. The number of allylic oxidation sites excluding steroid dienone is 2. The van der Waals surface area contributed by atoms with Crippen molar-refractivity contribution < 1.29 is 9.90 Å². The van der Waals surface area contributed by atoms with Crippen LogP contribution in [0.1, 0.15) is 47.8 Å². The zero-order valence-electron chi connectivity index (χ0n) is 17.4. The molecule has 4 rings (SSSR count). The highest BCUT2D eigenvalue weighted by atomic mass is 16.4. The molecular formula is C23H22N6O2. The summed E-state index contributed by atoms with van der Waals surface area (Å²) in [6.07, 6.45) is 9.42. The molecule has 0 spiro atoms. The number of carbonyl (C=O) groups is 1. The lowest BCUT2D eigenvalue weighted by Gasteiger charge is -2.40. The first-order valence-corrected chi connectivity index (χ1v) is 9.82. The molecule has 1 aliphatic heterocycles. The fourth-order valence-electron chi connectivity index (χ4n) is 3.98. The van der Waals surface area contributed by atoms with Crippen molar-refractivity contribution in [3.05, 3.63) is 71.1 Å². The van der Waals surface area contributed by atoms with Crippen LogP contribution in [0.2, 0.25) is 0 Å². The van der Waals surface area contributed by atoms with Crippen molar-refractivity contribution >= 4 is 23.3 Å². The summed E-state index contributed by atoms with van der Waals surface area (Å²) in [5.74, 6) is -0.287. The Labute approximate surface area is 180 Å². The van der Waals surface area contributed by atoms with E-state index in [0.717, 1.165) is 11.1 Å². The Morgan fingerprint density at radius 1 is 1.26 bits per heavy atom. The lowest BCUT2D eigenvalue weighted by atomic mass is 9.92. The summed E-state index contributed by atoms with van der Waals surface area (Å²) < 4.78 is 0. The highest BCUT2D eigenvalue weighted by Crippen LogP contribution is 2.36. The number of hydrogen-bond acceptors (Lipinski definition) is 7. The molecular weight excluding hydrogens is 392 g/mol. The number of fused-ring (bicyclic) bond motifs is 1. The van der Waals surface area contributed by atoms with Crippen molar-refractivity contribution in [1.82, 2.24) is 14.9 Å². The van der Waals surface area contributed by atoms with Crippen LogP contribution in [0.5, 0.6) is 0 Å². The molecule has 2 aromatic rings. The highest BCUT2D eigenvalue weighted by molar-refractivity contribution is 6.09. The number of rotatable bonds is 3. The standard InChI is InChI=1S/C23H22N6O2/c1-23(2,3)29-19-7-5-14(15-11-26-22(25)27-12-15)9-18(19)28-20(29)17-8-13(10-24)4-6-16(17)21(30)31/h4-9,11-12,18-19H,1-3H3,(H,30,31)(H2,25,26,27). The third kappa shape index (κ3) is 3.66. The fourth-order valence-corrected chi connectivity index (χ4v) is 3.98. The topological polar surface area (TPSA) is 128 Å². The number of aromatic nitrogens is 2. The molecule has 156 valence electrons. The minimum Gasteiger partial charge on any atom is -0.478 e. The summed E-state index contributed by atoms with van der Waals surface area (Å²) in [4.78, 5) is 27.1. The number of amidine groups is 1. The smallest absolute Gasteiger partial charge is 0.336 e. The predicted molar refractivity (Wildman–Crippen MR) is 117 cm³/mol. The maximum Gasteiger partial charge on any atom is 0.336 e. The summed E-state index contributed by atoms with van der Waals surface area (Å²) in [6.45, 7) is 6.17. The van der Waals surface area contributed by atoms with Gasteiger partial charge in [0.2, 0.25) is 5.95 Å². The molecule has 2 atom stereocenters. The summed E-state index contributed by atoms with van der Waals surface area (Å²) in [5.41, 5.74) is 7.95. The van der Waals surface area contributed by atoms with Gasteiger partial charge in [0.15, 0.2) is 0 Å². The number of carboxylic acid groups (broad SMARTS) is 1. The number of nitrogens with two attached hydrogens (primary N) is 1. The van der Waals surface area contributed by atoms with Crippen LogP contribution < -0.4 is 5.73 Å². The third-order valence-electron chi connectivity index (χ3n) is 5.32. The third-order valence-corrected chi connectivity index (χ3v) is 5.32. The summed E-state index contributed by atoms with van der Waals surface area (Å²) >= 11 is 0. The Morgan fingerprint density at radius 2 is 1.97 bits per heavy atom.